The Labute approximate surface area is 90.7 Å². The molecule has 0 radical (unpaired) electrons. The predicted octanol–water partition coefficient (Wildman–Crippen LogP) is 3.84. The smallest absolute Gasteiger partial charge is 0.00464 e. The normalized spacial score (nSPS) is 13.5. The van der Waals surface area contributed by atoms with E-state index in [0.29, 0.717) is 0 Å². The summed E-state index contributed by atoms with van der Waals surface area (Å²) in [7, 11) is 0. The summed E-state index contributed by atoms with van der Waals surface area (Å²) in [5.74, 6) is 1.86. The van der Waals surface area contributed by atoms with Crippen LogP contribution >= 0.6 is 0 Å². The maximum atomic E-state index is 3.42. The van der Waals surface area contributed by atoms with Crippen molar-refractivity contribution in [2.45, 2.75) is 59.8 Å². The van der Waals surface area contributed by atoms with E-state index < -0.39 is 0 Å². The zero-order valence-corrected chi connectivity index (χ0v) is 10.6. The molecule has 0 bridgehead atoms. The van der Waals surface area contributed by atoms with Crippen LogP contribution in [0.3, 0.4) is 0 Å². The van der Waals surface area contributed by atoms with Gasteiger partial charge in [0, 0.05) is 0 Å². The Morgan fingerprint density at radius 1 is 0.929 bits per heavy atom. The molecule has 1 N–H and O–H groups in total. The highest BCUT2D eigenvalue weighted by Gasteiger charge is 2.14. The average molecular weight is 199 g/mol. The van der Waals surface area contributed by atoms with E-state index in [-0.39, 0.29) is 0 Å². The molecule has 1 nitrogen and oxygen atoms in total. The molecule has 0 saturated carbocycles. The van der Waals surface area contributed by atoms with Crippen LogP contribution in [0.1, 0.15) is 59.8 Å². The van der Waals surface area contributed by atoms with Crippen molar-refractivity contribution in [3.05, 3.63) is 0 Å². The van der Waals surface area contributed by atoms with Gasteiger partial charge in [-0.2, -0.15) is 0 Å². The standard InChI is InChI=1S/C13H29N/c1-5-8-13(9-6-2)12(4)10-11-14-7-3/h12-14H,5-11H2,1-4H3. The van der Waals surface area contributed by atoms with Crippen molar-refractivity contribution in [3.8, 4) is 0 Å². The first-order valence-electron chi connectivity index (χ1n) is 6.46. The fourth-order valence-electron chi connectivity index (χ4n) is 2.20. The number of hydrogen-bond acceptors (Lipinski definition) is 1. The van der Waals surface area contributed by atoms with Crippen molar-refractivity contribution >= 4 is 0 Å². The molecule has 1 heteroatoms. The van der Waals surface area contributed by atoms with Gasteiger partial charge in [-0.25, -0.2) is 0 Å². The van der Waals surface area contributed by atoms with Crippen LogP contribution in [0.25, 0.3) is 0 Å². The van der Waals surface area contributed by atoms with E-state index in [9.17, 15) is 0 Å². The van der Waals surface area contributed by atoms with Gasteiger partial charge in [0.25, 0.3) is 0 Å². The maximum Gasteiger partial charge on any atom is -0.00464 e. The molecule has 0 aliphatic carbocycles. The van der Waals surface area contributed by atoms with E-state index in [0.717, 1.165) is 18.4 Å². The molecule has 0 aliphatic heterocycles. The van der Waals surface area contributed by atoms with Gasteiger partial charge in [-0.1, -0.05) is 53.4 Å². The zero-order valence-electron chi connectivity index (χ0n) is 10.6. The fraction of sp³-hybridized carbons (Fsp3) is 1.00. The second-order valence-electron chi connectivity index (χ2n) is 4.46. The van der Waals surface area contributed by atoms with Crippen LogP contribution in [-0.4, -0.2) is 13.1 Å². The van der Waals surface area contributed by atoms with E-state index in [1.54, 1.807) is 0 Å². The van der Waals surface area contributed by atoms with Crippen LogP contribution in [0.5, 0.6) is 0 Å². The summed E-state index contributed by atoms with van der Waals surface area (Å²) in [5.41, 5.74) is 0. The summed E-state index contributed by atoms with van der Waals surface area (Å²) in [6.45, 7) is 11.5. The first kappa shape index (κ1) is 14.0. The van der Waals surface area contributed by atoms with Gasteiger partial charge in [0.15, 0.2) is 0 Å². The molecule has 1 unspecified atom stereocenters. The second-order valence-corrected chi connectivity index (χ2v) is 4.46. The second kappa shape index (κ2) is 9.51. The largest absolute Gasteiger partial charge is 0.317 e. The Morgan fingerprint density at radius 2 is 1.50 bits per heavy atom. The molecule has 0 aromatic heterocycles. The van der Waals surface area contributed by atoms with E-state index >= 15 is 0 Å². The summed E-state index contributed by atoms with van der Waals surface area (Å²) in [6.07, 6.45) is 6.87. The van der Waals surface area contributed by atoms with E-state index in [4.69, 9.17) is 0 Å². The van der Waals surface area contributed by atoms with E-state index in [2.05, 4.69) is 33.0 Å². The van der Waals surface area contributed by atoms with Crippen LogP contribution in [0.15, 0.2) is 0 Å². The van der Waals surface area contributed by atoms with Gasteiger partial charge in [0.2, 0.25) is 0 Å². The Morgan fingerprint density at radius 3 is 1.93 bits per heavy atom. The van der Waals surface area contributed by atoms with Gasteiger partial charge in [-0.15, -0.1) is 0 Å². The molecule has 86 valence electrons. The van der Waals surface area contributed by atoms with Gasteiger partial charge in [-0.05, 0) is 31.3 Å². The lowest BCUT2D eigenvalue weighted by Crippen LogP contribution is -2.20. The maximum absolute atomic E-state index is 3.42. The van der Waals surface area contributed by atoms with Gasteiger partial charge >= 0.3 is 0 Å². The lowest BCUT2D eigenvalue weighted by molar-refractivity contribution is 0.292. The van der Waals surface area contributed by atoms with Crippen molar-refractivity contribution in [2.24, 2.45) is 11.8 Å². The molecule has 14 heavy (non-hydrogen) atoms. The topological polar surface area (TPSA) is 12.0 Å². The lowest BCUT2D eigenvalue weighted by Gasteiger charge is -2.23. The molecule has 0 amide bonds. The minimum Gasteiger partial charge on any atom is -0.317 e. The molecule has 0 aromatic rings. The monoisotopic (exact) mass is 199 g/mol. The van der Waals surface area contributed by atoms with Gasteiger partial charge in [0.1, 0.15) is 0 Å². The predicted molar refractivity (Wildman–Crippen MR) is 65.6 cm³/mol. The summed E-state index contributed by atoms with van der Waals surface area (Å²) < 4.78 is 0. The molecule has 0 heterocycles. The third-order valence-electron chi connectivity index (χ3n) is 3.15. The molecule has 0 aliphatic rings. The van der Waals surface area contributed by atoms with Crippen molar-refractivity contribution in [2.75, 3.05) is 13.1 Å². The van der Waals surface area contributed by atoms with Crippen LogP contribution in [0, 0.1) is 11.8 Å². The molecule has 1 atom stereocenters. The third kappa shape index (κ3) is 6.42. The Balaban J connectivity index is 3.69. The third-order valence-corrected chi connectivity index (χ3v) is 3.15. The molecule has 0 aromatic carbocycles. The Kier molecular flexibility index (Phi) is 9.49. The zero-order chi connectivity index (χ0) is 10.8. The van der Waals surface area contributed by atoms with Crippen LogP contribution in [-0.2, 0) is 0 Å². The number of rotatable bonds is 9. The van der Waals surface area contributed by atoms with Crippen molar-refractivity contribution in [3.63, 3.8) is 0 Å². The SMILES string of the molecule is CCCC(CCC)C(C)CCNCC. The van der Waals surface area contributed by atoms with E-state index in [1.807, 2.05) is 0 Å². The van der Waals surface area contributed by atoms with Gasteiger partial charge < -0.3 is 5.32 Å². The Bertz CT molecular complexity index is 106. The Hall–Kier alpha value is -0.0400. The van der Waals surface area contributed by atoms with Crippen molar-refractivity contribution in [1.29, 1.82) is 0 Å². The summed E-state index contributed by atoms with van der Waals surface area (Å²) >= 11 is 0. The van der Waals surface area contributed by atoms with Crippen molar-refractivity contribution < 1.29 is 0 Å². The molecule has 0 rings (SSSR count). The van der Waals surface area contributed by atoms with Crippen LogP contribution in [0.2, 0.25) is 0 Å². The molecule has 0 fully saturated rings. The highest BCUT2D eigenvalue weighted by molar-refractivity contribution is 4.67. The minimum atomic E-state index is 0.897. The summed E-state index contributed by atoms with van der Waals surface area (Å²) in [4.78, 5) is 0. The van der Waals surface area contributed by atoms with Crippen molar-refractivity contribution in [1.82, 2.24) is 5.32 Å². The molecular weight excluding hydrogens is 170 g/mol. The van der Waals surface area contributed by atoms with Gasteiger partial charge in [0.05, 0.1) is 0 Å². The summed E-state index contributed by atoms with van der Waals surface area (Å²) in [5, 5.41) is 3.42. The molecule has 0 spiro atoms. The minimum absolute atomic E-state index is 0.897. The first-order chi connectivity index (χ1) is 6.76. The first-order valence-corrected chi connectivity index (χ1v) is 6.46. The van der Waals surface area contributed by atoms with E-state index in [1.165, 1.54) is 38.6 Å². The molecule has 0 saturated heterocycles. The number of nitrogens with one attached hydrogen (secondary N) is 1. The van der Waals surface area contributed by atoms with Crippen LogP contribution < -0.4 is 5.32 Å². The highest BCUT2D eigenvalue weighted by atomic mass is 14.8. The van der Waals surface area contributed by atoms with Crippen LogP contribution in [0.4, 0.5) is 0 Å². The number of hydrogen-bond donors (Lipinski definition) is 1. The highest BCUT2D eigenvalue weighted by Crippen LogP contribution is 2.24. The fourth-order valence-corrected chi connectivity index (χ4v) is 2.20. The average Bonchev–Trinajstić information content (AvgIpc) is 2.18. The molecular formula is C13H29N. The lowest BCUT2D eigenvalue weighted by atomic mass is 9.84. The quantitative estimate of drug-likeness (QED) is 0.556. The van der Waals surface area contributed by atoms with Gasteiger partial charge in [-0.3, -0.25) is 0 Å². The summed E-state index contributed by atoms with van der Waals surface area (Å²) in [6, 6.07) is 0.